The maximum absolute atomic E-state index is 13.6. The molecule has 0 saturated heterocycles. The Bertz CT molecular complexity index is 644. The van der Waals surface area contributed by atoms with E-state index in [9.17, 15) is 13.6 Å². The van der Waals surface area contributed by atoms with E-state index in [1.807, 2.05) is 0 Å². The van der Waals surface area contributed by atoms with Gasteiger partial charge in [0.2, 0.25) is 0 Å². The minimum absolute atomic E-state index is 0.00406. The summed E-state index contributed by atoms with van der Waals surface area (Å²) in [6.07, 6.45) is 0. The molecule has 0 aliphatic rings. The molecule has 1 aromatic heterocycles. The van der Waals surface area contributed by atoms with E-state index in [0.29, 0.717) is 5.82 Å². The van der Waals surface area contributed by atoms with Gasteiger partial charge < -0.3 is 10.6 Å². The van der Waals surface area contributed by atoms with Crippen LogP contribution in [-0.4, -0.2) is 23.2 Å². The lowest BCUT2D eigenvalue weighted by atomic mass is 10.2. The number of carbonyl (C=O) groups excluding carboxylic acids is 1. The van der Waals surface area contributed by atoms with Gasteiger partial charge in [-0.3, -0.25) is 4.79 Å². The van der Waals surface area contributed by atoms with Crippen molar-refractivity contribution in [3.63, 3.8) is 0 Å². The van der Waals surface area contributed by atoms with E-state index in [4.69, 9.17) is 0 Å². The van der Waals surface area contributed by atoms with Gasteiger partial charge in [0.15, 0.2) is 5.69 Å². The minimum Gasteiger partial charge on any atom is -0.372 e. The van der Waals surface area contributed by atoms with Crippen molar-refractivity contribution in [2.45, 2.75) is 6.92 Å². The van der Waals surface area contributed by atoms with Crippen LogP contribution in [0.3, 0.4) is 0 Å². The van der Waals surface area contributed by atoms with Gasteiger partial charge in [0.05, 0.1) is 5.69 Å². The molecule has 0 aliphatic heterocycles. The number of anilines is 2. The highest BCUT2D eigenvalue weighted by atomic mass is 19.1. The first-order valence-electron chi connectivity index (χ1n) is 5.79. The van der Waals surface area contributed by atoms with Gasteiger partial charge in [-0.1, -0.05) is 0 Å². The molecule has 5 nitrogen and oxygen atoms in total. The predicted molar refractivity (Wildman–Crippen MR) is 70.6 cm³/mol. The Morgan fingerprint density at radius 3 is 2.50 bits per heavy atom. The number of hydrogen-bond acceptors (Lipinski definition) is 4. The van der Waals surface area contributed by atoms with Crippen molar-refractivity contribution in [2.75, 3.05) is 17.7 Å². The molecule has 0 unspecified atom stereocenters. The van der Waals surface area contributed by atoms with E-state index < -0.39 is 17.5 Å². The molecule has 2 aromatic rings. The summed E-state index contributed by atoms with van der Waals surface area (Å²) in [5.41, 5.74) is -0.0689. The zero-order valence-electron chi connectivity index (χ0n) is 10.9. The molecule has 7 heteroatoms. The molecular weight excluding hydrogens is 266 g/mol. The van der Waals surface area contributed by atoms with Crippen LogP contribution in [0.4, 0.5) is 20.3 Å². The van der Waals surface area contributed by atoms with Crippen molar-refractivity contribution >= 4 is 17.4 Å². The zero-order valence-corrected chi connectivity index (χ0v) is 10.9. The maximum Gasteiger partial charge on any atom is 0.276 e. The van der Waals surface area contributed by atoms with Gasteiger partial charge in [0.25, 0.3) is 5.91 Å². The second kappa shape index (κ2) is 5.60. The number of benzene rings is 1. The molecule has 0 aliphatic carbocycles. The summed E-state index contributed by atoms with van der Waals surface area (Å²) in [6, 6.07) is 4.92. The lowest BCUT2D eigenvalue weighted by Crippen LogP contribution is -2.16. The van der Waals surface area contributed by atoms with Crippen molar-refractivity contribution in [1.29, 1.82) is 0 Å². The van der Waals surface area contributed by atoms with E-state index in [1.54, 1.807) is 13.1 Å². The molecule has 0 fully saturated rings. The number of aryl methyl sites for hydroxylation is 1. The van der Waals surface area contributed by atoms with Crippen LogP contribution >= 0.6 is 0 Å². The van der Waals surface area contributed by atoms with Crippen molar-refractivity contribution in [3.05, 3.63) is 47.2 Å². The Morgan fingerprint density at radius 1 is 1.15 bits per heavy atom. The third kappa shape index (κ3) is 2.87. The molecular formula is C13H12F2N4O. The average Bonchev–Trinajstić information content (AvgIpc) is 2.44. The second-order valence-corrected chi connectivity index (χ2v) is 4.09. The first kappa shape index (κ1) is 13.9. The summed E-state index contributed by atoms with van der Waals surface area (Å²) >= 11 is 0. The number of aromatic nitrogens is 2. The summed E-state index contributed by atoms with van der Waals surface area (Å²) in [5.74, 6) is -1.48. The number of hydrogen-bond donors (Lipinski definition) is 2. The third-order valence-corrected chi connectivity index (χ3v) is 2.65. The molecule has 1 amide bonds. The molecule has 0 radical (unpaired) electrons. The molecule has 1 aromatic carbocycles. The molecule has 20 heavy (non-hydrogen) atoms. The van der Waals surface area contributed by atoms with Crippen LogP contribution in [0.1, 0.15) is 16.1 Å². The molecule has 0 atom stereocenters. The summed E-state index contributed by atoms with van der Waals surface area (Å²) in [6.45, 7) is 1.44. The van der Waals surface area contributed by atoms with Gasteiger partial charge in [-0.2, -0.15) is 0 Å². The van der Waals surface area contributed by atoms with Crippen LogP contribution in [0.2, 0.25) is 0 Å². The van der Waals surface area contributed by atoms with Crippen LogP contribution < -0.4 is 10.6 Å². The lowest BCUT2D eigenvalue weighted by Gasteiger charge is -2.07. The summed E-state index contributed by atoms with van der Waals surface area (Å²) < 4.78 is 27.0. The first-order valence-corrected chi connectivity index (χ1v) is 5.79. The molecule has 0 bridgehead atoms. The van der Waals surface area contributed by atoms with Crippen molar-refractivity contribution < 1.29 is 13.6 Å². The fourth-order valence-corrected chi connectivity index (χ4v) is 1.52. The van der Waals surface area contributed by atoms with Gasteiger partial charge in [0.1, 0.15) is 17.5 Å². The smallest absolute Gasteiger partial charge is 0.276 e. The normalized spacial score (nSPS) is 10.2. The SMILES string of the molecule is CNc1ccc(C(=O)Nc2cc(F)c(C)cc2F)nn1. The van der Waals surface area contributed by atoms with E-state index in [1.165, 1.54) is 13.0 Å². The number of halogens is 2. The highest BCUT2D eigenvalue weighted by Crippen LogP contribution is 2.19. The number of nitrogens with zero attached hydrogens (tertiary/aromatic N) is 2. The Hall–Kier alpha value is -2.57. The Labute approximate surface area is 114 Å². The Balaban J connectivity index is 2.20. The fraction of sp³-hybridized carbons (Fsp3) is 0.154. The van der Waals surface area contributed by atoms with E-state index in [0.717, 1.165) is 12.1 Å². The first-order chi connectivity index (χ1) is 9.51. The van der Waals surface area contributed by atoms with Crippen LogP contribution in [-0.2, 0) is 0 Å². The third-order valence-electron chi connectivity index (χ3n) is 2.65. The zero-order chi connectivity index (χ0) is 14.7. The van der Waals surface area contributed by atoms with Crippen LogP contribution in [0.15, 0.2) is 24.3 Å². The topological polar surface area (TPSA) is 66.9 Å². The van der Waals surface area contributed by atoms with E-state index in [-0.39, 0.29) is 16.9 Å². The van der Waals surface area contributed by atoms with E-state index in [2.05, 4.69) is 20.8 Å². The Morgan fingerprint density at radius 2 is 1.90 bits per heavy atom. The van der Waals surface area contributed by atoms with Crippen LogP contribution in [0.25, 0.3) is 0 Å². The molecule has 1 heterocycles. The van der Waals surface area contributed by atoms with Gasteiger partial charge >= 0.3 is 0 Å². The van der Waals surface area contributed by atoms with Crippen molar-refractivity contribution in [2.24, 2.45) is 0 Å². The predicted octanol–water partition coefficient (Wildman–Crippen LogP) is 2.36. The second-order valence-electron chi connectivity index (χ2n) is 4.09. The van der Waals surface area contributed by atoms with Gasteiger partial charge in [-0.05, 0) is 30.7 Å². The van der Waals surface area contributed by atoms with Gasteiger partial charge in [0, 0.05) is 13.1 Å². The largest absolute Gasteiger partial charge is 0.372 e. The van der Waals surface area contributed by atoms with E-state index >= 15 is 0 Å². The van der Waals surface area contributed by atoms with Crippen molar-refractivity contribution in [1.82, 2.24) is 10.2 Å². The molecule has 0 saturated carbocycles. The van der Waals surface area contributed by atoms with Gasteiger partial charge in [-0.15, -0.1) is 10.2 Å². The highest BCUT2D eigenvalue weighted by Gasteiger charge is 2.13. The number of carbonyl (C=O) groups is 1. The van der Waals surface area contributed by atoms with Crippen molar-refractivity contribution in [3.8, 4) is 0 Å². The standard InChI is InChI=1S/C13H12F2N4O/c1-7-5-9(15)11(6-8(7)14)17-13(20)10-3-4-12(16-2)19-18-10/h3-6H,1-2H3,(H,16,19)(H,17,20). The molecule has 2 rings (SSSR count). The quantitative estimate of drug-likeness (QED) is 0.904. The lowest BCUT2D eigenvalue weighted by molar-refractivity contribution is 0.102. The summed E-state index contributed by atoms with van der Waals surface area (Å²) in [7, 11) is 1.66. The number of nitrogens with one attached hydrogen (secondary N) is 2. The fourth-order valence-electron chi connectivity index (χ4n) is 1.52. The minimum atomic E-state index is -0.711. The molecule has 0 spiro atoms. The van der Waals surface area contributed by atoms with Gasteiger partial charge in [-0.25, -0.2) is 8.78 Å². The molecule has 2 N–H and O–H groups in total. The monoisotopic (exact) mass is 278 g/mol. The average molecular weight is 278 g/mol. The Kier molecular flexibility index (Phi) is 3.88. The number of rotatable bonds is 3. The number of amides is 1. The summed E-state index contributed by atoms with van der Waals surface area (Å²) in [5, 5.41) is 12.4. The maximum atomic E-state index is 13.6. The van der Waals surface area contributed by atoms with Crippen LogP contribution in [0.5, 0.6) is 0 Å². The highest BCUT2D eigenvalue weighted by molar-refractivity contribution is 6.02. The van der Waals surface area contributed by atoms with Crippen LogP contribution in [0, 0.1) is 18.6 Å². The molecule has 104 valence electrons. The summed E-state index contributed by atoms with van der Waals surface area (Å²) in [4.78, 5) is 11.8.